The van der Waals surface area contributed by atoms with Gasteiger partial charge in [-0.1, -0.05) is 17.7 Å². The Balaban J connectivity index is 1.99. The Labute approximate surface area is 147 Å². The summed E-state index contributed by atoms with van der Waals surface area (Å²) in [5, 5.41) is 7.91. The number of aromatic nitrogens is 3. The van der Waals surface area contributed by atoms with Crippen LogP contribution in [0.3, 0.4) is 0 Å². The highest BCUT2D eigenvalue weighted by atomic mass is 35.5. The van der Waals surface area contributed by atoms with Crippen molar-refractivity contribution >= 4 is 30.4 Å². The van der Waals surface area contributed by atoms with Gasteiger partial charge in [-0.15, -0.1) is 0 Å². The van der Waals surface area contributed by atoms with Gasteiger partial charge < -0.3 is 14.6 Å². The predicted molar refractivity (Wildman–Crippen MR) is 96.0 cm³/mol. The van der Waals surface area contributed by atoms with Gasteiger partial charge in [0.2, 0.25) is 0 Å². The van der Waals surface area contributed by atoms with Gasteiger partial charge in [-0.05, 0) is 46.3 Å². The molecule has 2 aromatic rings. The van der Waals surface area contributed by atoms with Crippen molar-refractivity contribution in [1.82, 2.24) is 19.9 Å². The van der Waals surface area contributed by atoms with Crippen LogP contribution in [0.1, 0.15) is 33.3 Å². The van der Waals surface area contributed by atoms with E-state index in [1.807, 2.05) is 40.8 Å². The summed E-state index contributed by atoms with van der Waals surface area (Å²) in [6.07, 6.45) is 5.55. The van der Waals surface area contributed by atoms with Crippen molar-refractivity contribution < 1.29 is 9.31 Å². The third kappa shape index (κ3) is 3.09. The second-order valence-electron chi connectivity index (χ2n) is 6.96. The predicted octanol–water partition coefficient (Wildman–Crippen LogP) is 2.62. The summed E-state index contributed by atoms with van der Waals surface area (Å²) < 4.78 is 14.0. The highest BCUT2D eigenvalue weighted by Gasteiger charge is 2.52. The lowest BCUT2D eigenvalue weighted by molar-refractivity contribution is 0.00578. The maximum absolute atomic E-state index is 6.16. The molecule has 0 amide bonds. The van der Waals surface area contributed by atoms with E-state index >= 15 is 0 Å². The molecule has 0 saturated carbocycles. The highest BCUT2D eigenvalue weighted by molar-refractivity contribution is 6.56. The molecule has 3 rings (SSSR count). The number of hydrogen-bond donors (Lipinski definition) is 1. The number of likely N-dealkylation sites (N-methyl/N-ethyl adjacent to an activating group) is 1. The van der Waals surface area contributed by atoms with Crippen LogP contribution < -0.4 is 5.32 Å². The van der Waals surface area contributed by atoms with Crippen LogP contribution in [-0.2, 0) is 9.31 Å². The first-order valence-corrected chi connectivity index (χ1v) is 8.32. The molecule has 1 N–H and O–H groups in total. The van der Waals surface area contributed by atoms with Gasteiger partial charge in [-0.25, -0.2) is 9.50 Å². The molecular weight excluding hydrogens is 326 g/mol. The van der Waals surface area contributed by atoms with E-state index in [0.717, 1.165) is 11.0 Å². The summed E-state index contributed by atoms with van der Waals surface area (Å²) in [7, 11) is 1.47. The number of fused-ring (bicyclic) bond motifs is 1. The van der Waals surface area contributed by atoms with Gasteiger partial charge in [-0.3, -0.25) is 0 Å². The Morgan fingerprint density at radius 1 is 1.33 bits per heavy atom. The van der Waals surface area contributed by atoms with Crippen molar-refractivity contribution in [3.63, 3.8) is 0 Å². The second-order valence-corrected chi connectivity index (χ2v) is 7.34. The van der Waals surface area contributed by atoms with Crippen molar-refractivity contribution in [2.75, 3.05) is 13.6 Å². The van der Waals surface area contributed by atoms with E-state index in [-0.39, 0.29) is 11.2 Å². The number of halogens is 1. The van der Waals surface area contributed by atoms with Crippen molar-refractivity contribution in [3.8, 4) is 0 Å². The van der Waals surface area contributed by atoms with Gasteiger partial charge in [0.05, 0.1) is 17.4 Å². The average Bonchev–Trinajstić information content (AvgIpc) is 2.97. The molecule has 0 atom stereocenters. The molecule has 1 fully saturated rings. The van der Waals surface area contributed by atoms with Crippen LogP contribution in [-0.4, -0.2) is 46.5 Å². The number of rotatable bonds is 4. The van der Waals surface area contributed by atoms with E-state index in [0.29, 0.717) is 17.3 Å². The summed E-state index contributed by atoms with van der Waals surface area (Å²) >= 11 is 6.01. The third-order valence-corrected chi connectivity index (χ3v) is 4.85. The normalized spacial score (nSPS) is 20.1. The Hall–Kier alpha value is -1.41. The molecule has 1 aliphatic rings. The van der Waals surface area contributed by atoms with E-state index in [4.69, 9.17) is 20.9 Å². The Morgan fingerprint density at radius 3 is 2.62 bits per heavy atom. The molecule has 128 valence electrons. The average molecular weight is 349 g/mol. The smallest absolute Gasteiger partial charge is 0.400 e. The van der Waals surface area contributed by atoms with Crippen molar-refractivity contribution in [2.45, 2.75) is 38.9 Å². The summed E-state index contributed by atoms with van der Waals surface area (Å²) in [6, 6.07) is 1.71. The molecule has 0 unspecified atom stereocenters. The maximum atomic E-state index is 6.16. The second kappa shape index (κ2) is 6.15. The van der Waals surface area contributed by atoms with Gasteiger partial charge in [0.15, 0.2) is 5.65 Å². The summed E-state index contributed by atoms with van der Waals surface area (Å²) in [5.74, 6) is 0. The topological polar surface area (TPSA) is 60.7 Å². The largest absolute Gasteiger partial charge is 0.491 e. The van der Waals surface area contributed by atoms with Gasteiger partial charge in [0, 0.05) is 18.3 Å². The van der Waals surface area contributed by atoms with Crippen LogP contribution in [0.5, 0.6) is 0 Å². The summed E-state index contributed by atoms with van der Waals surface area (Å²) in [4.78, 5) is 4.35. The SMILES string of the molecule is CNCC(=Cc1cnn2ccc(Cl)nc12)B1OC(C)(C)C(C)(C)O1. The highest BCUT2D eigenvalue weighted by Crippen LogP contribution is 2.38. The van der Waals surface area contributed by atoms with E-state index in [9.17, 15) is 0 Å². The van der Waals surface area contributed by atoms with Crippen LogP contribution in [0.2, 0.25) is 5.15 Å². The first-order valence-electron chi connectivity index (χ1n) is 7.94. The fourth-order valence-corrected chi connectivity index (χ4v) is 2.70. The molecule has 1 saturated heterocycles. The molecule has 0 bridgehead atoms. The van der Waals surface area contributed by atoms with Crippen molar-refractivity contribution in [3.05, 3.63) is 34.6 Å². The Morgan fingerprint density at radius 2 is 2.00 bits per heavy atom. The minimum atomic E-state index is -0.420. The molecule has 0 radical (unpaired) electrons. The molecule has 1 aliphatic heterocycles. The minimum absolute atomic E-state index is 0.382. The van der Waals surface area contributed by atoms with E-state index in [1.54, 1.807) is 23.0 Å². The molecular formula is C16H22BClN4O2. The molecule has 0 aliphatic carbocycles. The first-order chi connectivity index (χ1) is 11.2. The van der Waals surface area contributed by atoms with Crippen molar-refractivity contribution in [2.24, 2.45) is 0 Å². The van der Waals surface area contributed by atoms with Gasteiger partial charge in [0.1, 0.15) is 5.15 Å². The molecule has 6 nitrogen and oxygen atoms in total. The number of nitrogens with zero attached hydrogens (tertiary/aromatic N) is 3. The summed E-state index contributed by atoms with van der Waals surface area (Å²) in [5.41, 5.74) is 1.79. The van der Waals surface area contributed by atoms with Crippen LogP contribution >= 0.6 is 11.6 Å². The zero-order chi connectivity index (χ0) is 17.5. The van der Waals surface area contributed by atoms with Crippen LogP contribution in [0.4, 0.5) is 0 Å². The Bertz CT molecular complexity index is 771. The molecule has 2 aromatic heterocycles. The lowest BCUT2D eigenvalue weighted by Crippen LogP contribution is -2.41. The molecule has 24 heavy (non-hydrogen) atoms. The quantitative estimate of drug-likeness (QED) is 0.680. The first kappa shape index (κ1) is 17.4. The number of hydrogen-bond acceptors (Lipinski definition) is 5. The minimum Gasteiger partial charge on any atom is -0.400 e. The standard InChI is InChI=1S/C16H22BClN4O2/c1-15(2)16(3,4)24-17(23-15)12(10-19-5)8-11-9-20-22-7-6-13(18)21-14(11)22/h6-9,19H,10H2,1-5H3. The van der Waals surface area contributed by atoms with Gasteiger partial charge >= 0.3 is 7.12 Å². The van der Waals surface area contributed by atoms with Gasteiger partial charge in [0.25, 0.3) is 0 Å². The molecule has 0 spiro atoms. The zero-order valence-corrected chi connectivity index (χ0v) is 15.4. The lowest BCUT2D eigenvalue weighted by atomic mass is 9.77. The Kier molecular flexibility index (Phi) is 4.46. The lowest BCUT2D eigenvalue weighted by Gasteiger charge is -2.32. The molecule has 8 heteroatoms. The third-order valence-electron chi connectivity index (χ3n) is 4.64. The van der Waals surface area contributed by atoms with Gasteiger partial charge in [-0.2, -0.15) is 5.10 Å². The molecule has 3 heterocycles. The summed E-state index contributed by atoms with van der Waals surface area (Å²) in [6.45, 7) is 8.80. The van der Waals surface area contributed by atoms with Crippen LogP contribution in [0.25, 0.3) is 11.7 Å². The monoisotopic (exact) mass is 348 g/mol. The van der Waals surface area contributed by atoms with Crippen LogP contribution in [0, 0.1) is 0 Å². The zero-order valence-electron chi connectivity index (χ0n) is 14.6. The maximum Gasteiger partial charge on any atom is 0.491 e. The van der Waals surface area contributed by atoms with E-state index in [2.05, 4.69) is 15.4 Å². The van der Waals surface area contributed by atoms with E-state index in [1.165, 1.54) is 0 Å². The van der Waals surface area contributed by atoms with E-state index < -0.39 is 7.12 Å². The molecule has 0 aromatic carbocycles. The fraction of sp³-hybridized carbons (Fsp3) is 0.500. The fourth-order valence-electron chi connectivity index (χ4n) is 2.57. The number of nitrogens with one attached hydrogen (secondary N) is 1. The van der Waals surface area contributed by atoms with Crippen LogP contribution in [0.15, 0.2) is 23.9 Å². The van der Waals surface area contributed by atoms with Crippen molar-refractivity contribution in [1.29, 1.82) is 0 Å².